The summed E-state index contributed by atoms with van der Waals surface area (Å²) in [5.74, 6) is 0. The highest BCUT2D eigenvalue weighted by atomic mass is 14.7. The van der Waals surface area contributed by atoms with E-state index in [9.17, 15) is 0 Å². The molecule has 1 heteroatoms. The van der Waals surface area contributed by atoms with Crippen LogP contribution < -0.4 is 0 Å². The first-order valence-corrected chi connectivity index (χ1v) is 4.66. The van der Waals surface area contributed by atoms with E-state index in [-0.39, 0.29) is 5.41 Å². The lowest BCUT2D eigenvalue weighted by Crippen LogP contribution is -2.07. The van der Waals surface area contributed by atoms with Gasteiger partial charge in [-0.1, -0.05) is 38.2 Å². The van der Waals surface area contributed by atoms with Crippen molar-refractivity contribution >= 4 is 6.21 Å². The topological polar surface area (TPSA) is 12.4 Å². The predicted octanol–water partition coefficient (Wildman–Crippen LogP) is 3.50. The molecule has 1 rings (SSSR count). The monoisotopic (exact) mass is 175 g/mol. The molecule has 1 nitrogen and oxygen atoms in total. The van der Waals surface area contributed by atoms with Crippen molar-refractivity contribution < 1.29 is 0 Å². The molecule has 0 bridgehead atoms. The van der Waals surface area contributed by atoms with E-state index in [1.807, 2.05) is 26.1 Å². The van der Waals surface area contributed by atoms with Crippen molar-refractivity contribution in [3.63, 3.8) is 0 Å². The normalized spacial score (nSPS) is 26.8. The highest BCUT2D eigenvalue weighted by Crippen LogP contribution is 2.23. The second-order valence-electron chi connectivity index (χ2n) is 3.83. The summed E-state index contributed by atoms with van der Waals surface area (Å²) in [6.07, 6.45) is 10.4. The zero-order chi connectivity index (χ0) is 9.90. The average molecular weight is 175 g/mol. The Bertz CT molecular complexity index is 271. The molecule has 0 aromatic carbocycles. The molecule has 13 heavy (non-hydrogen) atoms. The zero-order valence-electron chi connectivity index (χ0n) is 8.83. The molecule has 0 fully saturated rings. The second-order valence-corrected chi connectivity index (χ2v) is 3.83. The van der Waals surface area contributed by atoms with Crippen molar-refractivity contribution in [1.82, 2.24) is 0 Å². The molecule has 0 aromatic rings. The SMILES string of the molecule is C/C=C1/C=CC(C)(C)C=N/C1=C/C. The van der Waals surface area contributed by atoms with Crippen LogP contribution >= 0.6 is 0 Å². The molecule has 0 spiro atoms. The Labute approximate surface area is 80.6 Å². The van der Waals surface area contributed by atoms with Crippen LogP contribution in [-0.4, -0.2) is 6.21 Å². The number of allylic oxidation sites excluding steroid dienone is 4. The summed E-state index contributed by atoms with van der Waals surface area (Å²) in [5.41, 5.74) is 2.33. The van der Waals surface area contributed by atoms with Gasteiger partial charge in [0.25, 0.3) is 0 Å². The molecule has 0 aliphatic carbocycles. The third-order valence-corrected chi connectivity index (χ3v) is 2.11. The molecule has 0 radical (unpaired) electrons. The molecular formula is C12H17N. The summed E-state index contributed by atoms with van der Waals surface area (Å²) in [4.78, 5) is 4.45. The Morgan fingerprint density at radius 1 is 1.23 bits per heavy atom. The van der Waals surface area contributed by atoms with Gasteiger partial charge in [-0.25, -0.2) is 0 Å². The van der Waals surface area contributed by atoms with Crippen molar-refractivity contribution in [3.8, 4) is 0 Å². The average Bonchev–Trinajstić information content (AvgIpc) is 2.23. The van der Waals surface area contributed by atoms with Crippen LogP contribution in [0.25, 0.3) is 0 Å². The van der Waals surface area contributed by atoms with Crippen LogP contribution in [0.4, 0.5) is 0 Å². The maximum Gasteiger partial charge on any atom is 0.0652 e. The predicted molar refractivity (Wildman–Crippen MR) is 58.9 cm³/mol. The van der Waals surface area contributed by atoms with Gasteiger partial charge >= 0.3 is 0 Å². The highest BCUT2D eigenvalue weighted by Gasteiger charge is 2.13. The van der Waals surface area contributed by atoms with Gasteiger partial charge in [0.15, 0.2) is 0 Å². The van der Waals surface area contributed by atoms with Crippen LogP contribution in [0.5, 0.6) is 0 Å². The van der Waals surface area contributed by atoms with E-state index >= 15 is 0 Å². The quantitative estimate of drug-likeness (QED) is 0.534. The van der Waals surface area contributed by atoms with E-state index in [0.717, 1.165) is 5.70 Å². The summed E-state index contributed by atoms with van der Waals surface area (Å²) < 4.78 is 0. The van der Waals surface area contributed by atoms with Crippen molar-refractivity contribution in [3.05, 3.63) is 35.6 Å². The van der Waals surface area contributed by atoms with E-state index in [2.05, 4.69) is 37.1 Å². The van der Waals surface area contributed by atoms with Gasteiger partial charge in [0, 0.05) is 11.6 Å². The minimum Gasteiger partial charge on any atom is -0.260 e. The summed E-state index contributed by atoms with van der Waals surface area (Å²) in [7, 11) is 0. The Hall–Kier alpha value is -1.11. The zero-order valence-corrected chi connectivity index (χ0v) is 8.83. The van der Waals surface area contributed by atoms with Crippen LogP contribution in [-0.2, 0) is 0 Å². The lowest BCUT2D eigenvalue weighted by molar-refractivity contribution is 0.695. The van der Waals surface area contributed by atoms with Gasteiger partial charge in [-0.3, -0.25) is 4.99 Å². The highest BCUT2D eigenvalue weighted by molar-refractivity contribution is 5.71. The van der Waals surface area contributed by atoms with Gasteiger partial charge < -0.3 is 0 Å². The summed E-state index contributed by atoms with van der Waals surface area (Å²) in [5, 5.41) is 0. The van der Waals surface area contributed by atoms with E-state index < -0.39 is 0 Å². The van der Waals surface area contributed by atoms with E-state index in [0.29, 0.717) is 0 Å². The number of rotatable bonds is 0. The number of hydrogen-bond donors (Lipinski definition) is 0. The van der Waals surface area contributed by atoms with Crippen LogP contribution in [0.1, 0.15) is 27.7 Å². The van der Waals surface area contributed by atoms with E-state index in [1.54, 1.807) is 0 Å². The third kappa shape index (κ3) is 2.41. The smallest absolute Gasteiger partial charge is 0.0652 e. The molecule has 0 saturated heterocycles. The maximum atomic E-state index is 4.45. The number of hydrogen-bond acceptors (Lipinski definition) is 1. The Morgan fingerprint density at radius 2 is 1.92 bits per heavy atom. The van der Waals surface area contributed by atoms with Crippen molar-refractivity contribution in [2.75, 3.05) is 0 Å². The maximum absolute atomic E-state index is 4.45. The van der Waals surface area contributed by atoms with E-state index in [4.69, 9.17) is 0 Å². The second kappa shape index (κ2) is 3.73. The molecule has 0 amide bonds. The fourth-order valence-electron chi connectivity index (χ4n) is 1.23. The minimum atomic E-state index is 0.0685. The van der Waals surface area contributed by atoms with Crippen LogP contribution in [0.15, 0.2) is 40.6 Å². The summed E-state index contributed by atoms with van der Waals surface area (Å²) in [6, 6.07) is 0. The van der Waals surface area contributed by atoms with Crippen LogP contribution in [0.2, 0.25) is 0 Å². The van der Waals surface area contributed by atoms with E-state index in [1.165, 1.54) is 5.57 Å². The molecule has 70 valence electrons. The summed E-state index contributed by atoms with van der Waals surface area (Å²) >= 11 is 0. The molecule has 0 N–H and O–H groups in total. The molecule has 1 heterocycles. The van der Waals surface area contributed by atoms with Gasteiger partial charge in [-0.15, -0.1) is 0 Å². The van der Waals surface area contributed by atoms with Crippen molar-refractivity contribution in [1.29, 1.82) is 0 Å². The molecule has 0 aromatic heterocycles. The van der Waals surface area contributed by atoms with Crippen LogP contribution in [0, 0.1) is 5.41 Å². The Morgan fingerprint density at radius 3 is 2.46 bits per heavy atom. The first-order chi connectivity index (χ1) is 6.09. The molecule has 0 unspecified atom stereocenters. The lowest BCUT2D eigenvalue weighted by Gasteiger charge is -2.10. The van der Waals surface area contributed by atoms with Gasteiger partial charge in [0.1, 0.15) is 0 Å². The number of aliphatic imine (C=N–C) groups is 1. The first kappa shape index (κ1) is 9.97. The van der Waals surface area contributed by atoms with Crippen LogP contribution in [0.3, 0.4) is 0 Å². The number of nitrogens with zero attached hydrogens (tertiary/aromatic N) is 1. The Kier molecular flexibility index (Phi) is 2.86. The largest absolute Gasteiger partial charge is 0.260 e. The molecule has 0 saturated carbocycles. The third-order valence-electron chi connectivity index (χ3n) is 2.11. The molecular weight excluding hydrogens is 158 g/mol. The molecule has 1 aliphatic rings. The first-order valence-electron chi connectivity index (χ1n) is 4.66. The Balaban J connectivity index is 3.13. The molecule has 1 aliphatic heterocycles. The van der Waals surface area contributed by atoms with Crippen molar-refractivity contribution in [2.24, 2.45) is 10.4 Å². The van der Waals surface area contributed by atoms with Crippen molar-refractivity contribution in [2.45, 2.75) is 27.7 Å². The fourth-order valence-corrected chi connectivity index (χ4v) is 1.23. The van der Waals surface area contributed by atoms with Gasteiger partial charge in [0.2, 0.25) is 0 Å². The molecule has 0 atom stereocenters. The summed E-state index contributed by atoms with van der Waals surface area (Å²) in [6.45, 7) is 8.36. The van der Waals surface area contributed by atoms with Gasteiger partial charge in [0.05, 0.1) is 5.70 Å². The lowest BCUT2D eigenvalue weighted by atomic mass is 9.95. The standard InChI is InChI=1S/C12H17N/c1-5-10-7-8-12(3,4)9-13-11(10)6-2/h5-9H,1-4H3/b10-5-,11-6+. The fraction of sp³-hybridized carbons (Fsp3) is 0.417. The van der Waals surface area contributed by atoms with Gasteiger partial charge in [-0.05, 0) is 19.4 Å². The van der Waals surface area contributed by atoms with Gasteiger partial charge in [-0.2, -0.15) is 0 Å². The minimum absolute atomic E-state index is 0.0685.